The Hall–Kier alpha value is -4.83. The number of carbonyl (C=O) groups is 3. The van der Waals surface area contributed by atoms with Gasteiger partial charge in [-0.25, -0.2) is 9.13 Å². The maximum Gasteiger partial charge on any atom is 0.472 e. The number of esters is 3. The van der Waals surface area contributed by atoms with Crippen molar-refractivity contribution < 1.29 is 75.8 Å². The summed E-state index contributed by atoms with van der Waals surface area (Å²) >= 11 is 0. The lowest BCUT2D eigenvalue weighted by molar-refractivity contribution is -0.161. The zero-order chi connectivity index (χ0) is 83.6. The van der Waals surface area contributed by atoms with Crippen LogP contribution in [-0.2, 0) is 55.8 Å². The highest BCUT2D eigenvalue weighted by atomic mass is 31.2. The van der Waals surface area contributed by atoms with Crippen molar-refractivity contribution in [2.45, 2.75) is 399 Å². The van der Waals surface area contributed by atoms with Crippen molar-refractivity contribution in [3.63, 3.8) is 0 Å². The summed E-state index contributed by atoms with van der Waals surface area (Å²) in [5, 5.41) is 20.7. The molecule has 0 amide bonds. The van der Waals surface area contributed by atoms with Crippen LogP contribution in [0, 0.1) is 0 Å². The van der Waals surface area contributed by atoms with Gasteiger partial charge in [0, 0.05) is 19.3 Å². The van der Waals surface area contributed by atoms with Crippen LogP contribution in [0.1, 0.15) is 380 Å². The van der Waals surface area contributed by atoms with Gasteiger partial charge in [-0.05, 0) is 148 Å². The van der Waals surface area contributed by atoms with E-state index in [4.69, 9.17) is 32.3 Å². The number of phosphoric ester groups is 2. The Kier molecular flexibility index (Phi) is 84.7. The number of aliphatic hydroxyl groups is 2. The molecular formula is C97H166O16P2. The molecule has 4 N–H and O–H groups in total. The predicted octanol–water partition coefficient (Wildman–Crippen LogP) is 28.1. The van der Waals surface area contributed by atoms with Crippen LogP contribution < -0.4 is 0 Å². The summed E-state index contributed by atoms with van der Waals surface area (Å²) in [7, 11) is -9.81. The van der Waals surface area contributed by atoms with Crippen LogP contribution in [0.5, 0.6) is 0 Å². The van der Waals surface area contributed by atoms with Gasteiger partial charge in [-0.1, -0.05) is 371 Å². The molecule has 16 nitrogen and oxygen atoms in total. The number of rotatable bonds is 86. The maximum absolute atomic E-state index is 13.0. The standard InChI is InChI=1S/C97H166O16P2/c1-4-7-10-13-16-19-22-25-28-31-34-36-38-40-41-42-43-44-45-46-47-48-49-51-53-54-57-59-62-65-68-71-74-77-80-83-95(100)107-86-92(98)87-109-114(103,104)110-88-93(99)89-111-115(105,106)112-91-94(113-97(102)85-82-79-76-73-70-67-64-61-56-33-30-27-24-21-18-15-12-9-6-3)90-108-96(101)84-81-78-75-72-69-66-63-60-58-55-52-50-39-37-35-32-29-26-23-20-17-14-11-8-5-2/h7,9-10,12,16-21,25-30,34-37,40-41,50,52,56,61,92-94,98-99H,4-6,8,11,13-15,22-24,31-33,38-39,42-49,51,53-55,57-60,62-91H2,1-3H3,(H,103,104)(H,105,106)/b10-7-,12-9-,19-16-,20-17-,21-18-,28-25-,29-26-,30-27-,36-34-,37-35-,41-40-,52-50-,61-56-. The molecule has 0 aliphatic heterocycles. The van der Waals surface area contributed by atoms with E-state index in [0.29, 0.717) is 19.3 Å². The first-order valence-electron chi connectivity index (χ1n) is 45.8. The first-order chi connectivity index (χ1) is 56.2. The zero-order valence-electron chi connectivity index (χ0n) is 72.7. The molecule has 5 atom stereocenters. The number of allylic oxidation sites excluding steroid dienone is 26. The summed E-state index contributed by atoms with van der Waals surface area (Å²) in [4.78, 5) is 58.9. The second-order valence-corrected chi connectivity index (χ2v) is 33.2. The van der Waals surface area contributed by atoms with Crippen LogP contribution >= 0.6 is 15.6 Å². The fourth-order valence-electron chi connectivity index (χ4n) is 12.3. The molecule has 0 rings (SSSR count). The molecule has 18 heteroatoms. The van der Waals surface area contributed by atoms with Gasteiger partial charge in [0.1, 0.15) is 25.4 Å². The second kappa shape index (κ2) is 88.5. The van der Waals surface area contributed by atoms with Crippen molar-refractivity contribution in [2.24, 2.45) is 0 Å². The topological polar surface area (TPSA) is 231 Å². The lowest BCUT2D eigenvalue weighted by atomic mass is 10.0. The largest absolute Gasteiger partial charge is 0.472 e. The monoisotopic (exact) mass is 1650 g/mol. The fraction of sp³-hybridized carbons (Fsp3) is 0.701. The fourth-order valence-corrected chi connectivity index (χ4v) is 13.9. The smallest absolute Gasteiger partial charge is 0.463 e. The third-order valence-corrected chi connectivity index (χ3v) is 21.1. The van der Waals surface area contributed by atoms with Crippen LogP contribution in [0.2, 0.25) is 0 Å². The number of unbranched alkanes of at least 4 members (excludes halogenated alkanes) is 37. The molecular weight excluding hydrogens is 1480 g/mol. The van der Waals surface area contributed by atoms with Crippen LogP contribution in [0.3, 0.4) is 0 Å². The van der Waals surface area contributed by atoms with E-state index in [9.17, 15) is 43.5 Å². The van der Waals surface area contributed by atoms with E-state index in [2.05, 4.69) is 179 Å². The highest BCUT2D eigenvalue weighted by Crippen LogP contribution is 2.45. The van der Waals surface area contributed by atoms with Gasteiger partial charge in [-0.3, -0.25) is 32.5 Å². The number of ether oxygens (including phenoxy) is 3. The summed E-state index contributed by atoms with van der Waals surface area (Å²) < 4.78 is 61.4. The van der Waals surface area contributed by atoms with E-state index in [1.54, 1.807) is 0 Å². The molecule has 660 valence electrons. The quantitative estimate of drug-likeness (QED) is 0.0146. The van der Waals surface area contributed by atoms with Crippen LogP contribution in [0.25, 0.3) is 0 Å². The first-order valence-corrected chi connectivity index (χ1v) is 48.8. The normalized spacial score (nSPS) is 14.5. The summed E-state index contributed by atoms with van der Waals surface area (Å²) in [5.74, 6) is -1.59. The van der Waals surface area contributed by atoms with Crippen molar-refractivity contribution >= 4 is 33.6 Å². The molecule has 0 saturated heterocycles. The Morgan fingerprint density at radius 3 is 0.730 bits per heavy atom. The van der Waals surface area contributed by atoms with Gasteiger partial charge < -0.3 is 34.2 Å². The molecule has 0 spiro atoms. The van der Waals surface area contributed by atoms with E-state index in [-0.39, 0.29) is 19.3 Å². The van der Waals surface area contributed by atoms with Gasteiger partial charge in [0.2, 0.25) is 0 Å². The third-order valence-electron chi connectivity index (χ3n) is 19.2. The van der Waals surface area contributed by atoms with E-state index in [0.717, 1.165) is 167 Å². The van der Waals surface area contributed by atoms with E-state index >= 15 is 0 Å². The number of hydrogen-bond donors (Lipinski definition) is 4. The molecule has 0 aromatic heterocycles. The molecule has 0 bridgehead atoms. The van der Waals surface area contributed by atoms with E-state index in [1.807, 2.05) is 0 Å². The Morgan fingerprint density at radius 1 is 0.252 bits per heavy atom. The van der Waals surface area contributed by atoms with Gasteiger partial charge in [0.05, 0.1) is 26.4 Å². The van der Waals surface area contributed by atoms with E-state index in [1.165, 1.54) is 154 Å². The predicted molar refractivity (Wildman–Crippen MR) is 482 cm³/mol. The second-order valence-electron chi connectivity index (χ2n) is 30.3. The molecule has 0 fully saturated rings. The Bertz CT molecular complexity index is 2720. The first kappa shape index (κ1) is 110. The molecule has 0 radical (unpaired) electrons. The molecule has 0 aliphatic rings. The summed E-state index contributed by atoms with van der Waals surface area (Å²) in [6.45, 7) is 2.45. The molecule has 5 unspecified atom stereocenters. The lowest BCUT2D eigenvalue weighted by Gasteiger charge is -2.21. The lowest BCUT2D eigenvalue weighted by Crippen LogP contribution is -2.30. The number of hydrogen-bond acceptors (Lipinski definition) is 14. The highest BCUT2D eigenvalue weighted by Gasteiger charge is 2.29. The SMILES string of the molecule is CC/C=C\C/C=C\C/C=C\C/C=C\C/C=C\CCCCCCCCCCCCCCCCCCCCCC(=O)OCC(O)COP(=O)(O)OCC(O)COP(=O)(O)OCC(COC(=O)CCCCCCCCCCC/C=C\C/C=C\C/C=C\C/C=C\CCCCC)OC(=O)CCCCCCCC/C=C\C/C=C\C/C=C\C/C=C\CC. The van der Waals surface area contributed by atoms with E-state index < -0.39 is 91.5 Å². The molecule has 0 aliphatic carbocycles. The zero-order valence-corrected chi connectivity index (χ0v) is 74.5. The molecule has 0 saturated carbocycles. The van der Waals surface area contributed by atoms with Crippen LogP contribution in [0.4, 0.5) is 0 Å². The highest BCUT2D eigenvalue weighted by molar-refractivity contribution is 7.47. The molecule has 0 aromatic carbocycles. The summed E-state index contributed by atoms with van der Waals surface area (Å²) in [6.07, 6.45) is 113. The number of phosphoric acid groups is 2. The number of aliphatic hydroxyl groups excluding tert-OH is 2. The van der Waals surface area contributed by atoms with Gasteiger partial charge in [-0.2, -0.15) is 0 Å². The van der Waals surface area contributed by atoms with Gasteiger partial charge in [-0.15, -0.1) is 0 Å². The van der Waals surface area contributed by atoms with Gasteiger partial charge in [0.15, 0.2) is 6.10 Å². The molecule has 115 heavy (non-hydrogen) atoms. The van der Waals surface area contributed by atoms with Crippen molar-refractivity contribution in [3.05, 3.63) is 158 Å². The third kappa shape index (κ3) is 89.8. The maximum atomic E-state index is 13.0. The van der Waals surface area contributed by atoms with Crippen molar-refractivity contribution in [1.29, 1.82) is 0 Å². The molecule has 0 aromatic rings. The van der Waals surface area contributed by atoms with Crippen molar-refractivity contribution in [1.82, 2.24) is 0 Å². The average Bonchev–Trinajstić information content (AvgIpc) is 0.902. The number of carbonyl (C=O) groups excluding carboxylic acids is 3. The van der Waals surface area contributed by atoms with Gasteiger partial charge in [0.25, 0.3) is 0 Å². The summed E-state index contributed by atoms with van der Waals surface area (Å²) in [5.41, 5.74) is 0. The minimum Gasteiger partial charge on any atom is -0.463 e. The van der Waals surface area contributed by atoms with Crippen molar-refractivity contribution in [3.8, 4) is 0 Å². The minimum absolute atomic E-state index is 0.0837. The molecule has 0 heterocycles. The average molecular weight is 1650 g/mol. The minimum atomic E-state index is -4.95. The Balaban J connectivity index is 4.50. The Morgan fingerprint density at radius 2 is 0.461 bits per heavy atom. The van der Waals surface area contributed by atoms with Gasteiger partial charge >= 0.3 is 33.6 Å². The van der Waals surface area contributed by atoms with Crippen LogP contribution in [0.15, 0.2) is 158 Å². The van der Waals surface area contributed by atoms with Crippen LogP contribution in [-0.4, -0.2) is 95.9 Å². The Labute approximate surface area is 701 Å². The van der Waals surface area contributed by atoms with Crippen molar-refractivity contribution in [2.75, 3.05) is 39.6 Å². The summed E-state index contributed by atoms with van der Waals surface area (Å²) in [6, 6.07) is 0.